The van der Waals surface area contributed by atoms with E-state index in [9.17, 15) is 18.0 Å². The minimum absolute atomic E-state index is 0.185. The lowest BCUT2D eigenvalue weighted by Crippen LogP contribution is -2.15. The number of aromatic nitrogens is 2. The quantitative estimate of drug-likeness (QED) is 0.738. The molecule has 3 rings (SSSR count). The maximum Gasteiger partial charge on any atom is 0.260 e. The first-order chi connectivity index (χ1) is 11.0. The van der Waals surface area contributed by atoms with Crippen molar-refractivity contribution in [3.05, 3.63) is 52.4 Å². The number of carbonyl (C=O) groups is 1. The highest BCUT2D eigenvalue weighted by atomic mass is 32.1. The van der Waals surface area contributed by atoms with Crippen LogP contribution in [0.15, 0.2) is 28.1 Å². The van der Waals surface area contributed by atoms with Gasteiger partial charge < -0.3 is 9.84 Å². The molecule has 0 aliphatic heterocycles. The summed E-state index contributed by atoms with van der Waals surface area (Å²) >= 11 is 1.14. The fourth-order valence-corrected chi connectivity index (χ4v) is 2.63. The SMILES string of the molecule is Cc1noc(-c2ccsc2NC(=O)c2ccc(F)c(F)c2F)n1. The van der Waals surface area contributed by atoms with E-state index in [2.05, 4.69) is 15.5 Å². The Bertz CT molecular complexity index is 891. The molecule has 1 amide bonds. The standard InChI is InChI=1S/C14H8F3N3O2S/c1-6-18-13(22-20-6)8-4-5-23-14(8)19-12(21)7-2-3-9(15)11(17)10(7)16/h2-5H,1H3,(H,19,21). The van der Waals surface area contributed by atoms with E-state index >= 15 is 0 Å². The molecule has 23 heavy (non-hydrogen) atoms. The number of amides is 1. The van der Waals surface area contributed by atoms with Gasteiger partial charge in [-0.3, -0.25) is 4.79 Å². The Labute approximate surface area is 131 Å². The predicted octanol–water partition coefficient (Wildman–Crippen LogP) is 3.78. The minimum Gasteiger partial charge on any atom is -0.334 e. The maximum atomic E-state index is 13.7. The fourth-order valence-electron chi connectivity index (χ4n) is 1.85. The summed E-state index contributed by atoms with van der Waals surface area (Å²) < 4.78 is 44.8. The van der Waals surface area contributed by atoms with Crippen LogP contribution in [0.5, 0.6) is 0 Å². The number of thiophene rings is 1. The Morgan fingerprint density at radius 2 is 2.00 bits per heavy atom. The highest BCUT2D eigenvalue weighted by Gasteiger charge is 2.21. The van der Waals surface area contributed by atoms with Crippen molar-refractivity contribution in [2.45, 2.75) is 6.92 Å². The molecular formula is C14H8F3N3O2S. The number of nitrogens with zero attached hydrogens (tertiary/aromatic N) is 2. The Kier molecular flexibility index (Phi) is 3.87. The average molecular weight is 339 g/mol. The third kappa shape index (κ3) is 2.82. The van der Waals surface area contributed by atoms with Gasteiger partial charge in [0.15, 0.2) is 23.3 Å². The molecule has 118 valence electrons. The Balaban J connectivity index is 1.90. The fraction of sp³-hybridized carbons (Fsp3) is 0.0714. The zero-order valence-electron chi connectivity index (χ0n) is 11.6. The summed E-state index contributed by atoms with van der Waals surface area (Å²) in [5.74, 6) is -4.93. The summed E-state index contributed by atoms with van der Waals surface area (Å²) in [5, 5.41) is 8.05. The number of halogens is 3. The van der Waals surface area contributed by atoms with Gasteiger partial charge >= 0.3 is 0 Å². The second kappa shape index (κ2) is 5.84. The van der Waals surface area contributed by atoms with Gasteiger partial charge in [0.2, 0.25) is 0 Å². The molecule has 1 aromatic carbocycles. The number of rotatable bonds is 3. The van der Waals surface area contributed by atoms with Crippen molar-refractivity contribution < 1.29 is 22.5 Å². The number of benzene rings is 1. The number of carbonyl (C=O) groups excluding carboxylic acids is 1. The largest absolute Gasteiger partial charge is 0.334 e. The highest BCUT2D eigenvalue weighted by molar-refractivity contribution is 7.15. The molecule has 0 atom stereocenters. The van der Waals surface area contributed by atoms with E-state index in [4.69, 9.17) is 4.52 Å². The molecule has 2 heterocycles. The van der Waals surface area contributed by atoms with E-state index in [0.29, 0.717) is 22.5 Å². The van der Waals surface area contributed by atoms with Crippen LogP contribution in [-0.4, -0.2) is 16.0 Å². The van der Waals surface area contributed by atoms with Gasteiger partial charge in [0.1, 0.15) is 5.00 Å². The van der Waals surface area contributed by atoms with Gasteiger partial charge in [-0.2, -0.15) is 4.98 Å². The van der Waals surface area contributed by atoms with Gasteiger partial charge in [0.05, 0.1) is 11.1 Å². The molecule has 9 heteroatoms. The van der Waals surface area contributed by atoms with Gasteiger partial charge in [-0.15, -0.1) is 11.3 Å². The van der Waals surface area contributed by atoms with Crippen LogP contribution in [0.3, 0.4) is 0 Å². The van der Waals surface area contributed by atoms with Gasteiger partial charge in [-0.05, 0) is 30.5 Å². The molecule has 0 saturated carbocycles. The number of hydrogen-bond donors (Lipinski definition) is 1. The topological polar surface area (TPSA) is 68.0 Å². The predicted molar refractivity (Wildman–Crippen MR) is 76.6 cm³/mol. The monoisotopic (exact) mass is 339 g/mol. The molecule has 0 aliphatic rings. The van der Waals surface area contributed by atoms with Gasteiger partial charge in [-0.25, -0.2) is 13.2 Å². The molecular weight excluding hydrogens is 331 g/mol. The van der Waals surface area contributed by atoms with Crippen molar-refractivity contribution in [3.63, 3.8) is 0 Å². The molecule has 0 spiro atoms. The molecule has 0 aliphatic carbocycles. The first kappa shape index (κ1) is 15.2. The van der Waals surface area contributed by atoms with Crippen molar-refractivity contribution in [1.29, 1.82) is 0 Å². The van der Waals surface area contributed by atoms with Gasteiger partial charge in [-0.1, -0.05) is 5.16 Å². The van der Waals surface area contributed by atoms with E-state index in [0.717, 1.165) is 17.4 Å². The van der Waals surface area contributed by atoms with E-state index < -0.39 is 28.9 Å². The van der Waals surface area contributed by atoms with Crippen LogP contribution in [0.1, 0.15) is 16.2 Å². The molecule has 1 N–H and O–H groups in total. The Morgan fingerprint density at radius 3 is 2.70 bits per heavy atom. The summed E-state index contributed by atoms with van der Waals surface area (Å²) in [4.78, 5) is 16.1. The molecule has 0 fully saturated rings. The summed E-state index contributed by atoms with van der Waals surface area (Å²) in [7, 11) is 0. The van der Waals surface area contributed by atoms with Crippen molar-refractivity contribution in [2.75, 3.05) is 5.32 Å². The minimum atomic E-state index is -1.70. The Hall–Kier alpha value is -2.68. The van der Waals surface area contributed by atoms with Crippen molar-refractivity contribution in [2.24, 2.45) is 0 Å². The van der Waals surface area contributed by atoms with Crippen LogP contribution in [0.25, 0.3) is 11.5 Å². The lowest BCUT2D eigenvalue weighted by molar-refractivity contribution is 0.102. The van der Waals surface area contributed by atoms with Crippen molar-refractivity contribution >= 4 is 22.2 Å². The molecule has 3 aromatic rings. The van der Waals surface area contributed by atoms with Crippen LogP contribution < -0.4 is 5.32 Å². The van der Waals surface area contributed by atoms with Gasteiger partial charge in [0.25, 0.3) is 11.8 Å². The Morgan fingerprint density at radius 1 is 1.22 bits per heavy atom. The number of nitrogens with one attached hydrogen (secondary N) is 1. The van der Waals surface area contributed by atoms with E-state index in [1.807, 2.05) is 0 Å². The van der Waals surface area contributed by atoms with Gasteiger partial charge in [0, 0.05) is 0 Å². The summed E-state index contributed by atoms with van der Waals surface area (Å²) in [6.07, 6.45) is 0. The van der Waals surface area contributed by atoms with E-state index in [1.54, 1.807) is 18.4 Å². The summed E-state index contributed by atoms with van der Waals surface area (Å²) in [5.41, 5.74) is -0.156. The third-order valence-electron chi connectivity index (χ3n) is 2.93. The van der Waals surface area contributed by atoms with Crippen molar-refractivity contribution in [3.8, 4) is 11.5 Å². The summed E-state index contributed by atoms with van der Waals surface area (Å²) in [6, 6.07) is 3.19. The highest BCUT2D eigenvalue weighted by Crippen LogP contribution is 2.32. The lowest BCUT2D eigenvalue weighted by Gasteiger charge is -2.06. The molecule has 0 unspecified atom stereocenters. The second-order valence-electron chi connectivity index (χ2n) is 4.49. The molecule has 5 nitrogen and oxygen atoms in total. The van der Waals surface area contributed by atoms with Crippen LogP contribution in [0, 0.1) is 24.4 Å². The first-order valence-corrected chi connectivity index (χ1v) is 7.18. The van der Waals surface area contributed by atoms with Crippen LogP contribution in [0.4, 0.5) is 18.2 Å². The number of anilines is 1. The lowest BCUT2D eigenvalue weighted by atomic mass is 10.2. The summed E-state index contributed by atoms with van der Waals surface area (Å²) in [6.45, 7) is 1.63. The molecule has 0 saturated heterocycles. The van der Waals surface area contributed by atoms with E-state index in [1.165, 1.54) is 0 Å². The number of hydrogen-bond acceptors (Lipinski definition) is 5. The van der Waals surface area contributed by atoms with Crippen LogP contribution in [0.2, 0.25) is 0 Å². The van der Waals surface area contributed by atoms with Crippen molar-refractivity contribution in [1.82, 2.24) is 10.1 Å². The van der Waals surface area contributed by atoms with Crippen LogP contribution in [-0.2, 0) is 0 Å². The number of aryl methyl sites for hydroxylation is 1. The molecule has 0 bridgehead atoms. The smallest absolute Gasteiger partial charge is 0.260 e. The third-order valence-corrected chi connectivity index (χ3v) is 3.76. The average Bonchev–Trinajstić information content (AvgIpc) is 3.13. The first-order valence-electron chi connectivity index (χ1n) is 6.30. The maximum absolute atomic E-state index is 13.7. The molecule has 0 radical (unpaired) electrons. The zero-order valence-corrected chi connectivity index (χ0v) is 12.4. The van der Waals surface area contributed by atoms with Crippen LogP contribution >= 0.6 is 11.3 Å². The zero-order chi connectivity index (χ0) is 16.6. The normalized spacial score (nSPS) is 10.8. The molecule has 2 aromatic heterocycles. The second-order valence-corrected chi connectivity index (χ2v) is 5.40. The van der Waals surface area contributed by atoms with E-state index in [-0.39, 0.29) is 5.89 Å².